The summed E-state index contributed by atoms with van der Waals surface area (Å²) >= 11 is 0. The minimum absolute atomic E-state index is 0.140. The lowest BCUT2D eigenvalue weighted by molar-refractivity contribution is 0.0946. The maximum atomic E-state index is 13.6. The second kappa shape index (κ2) is 6.52. The lowest BCUT2D eigenvalue weighted by Gasteiger charge is -2.23. The molecule has 1 unspecified atom stereocenters. The van der Waals surface area contributed by atoms with Crippen LogP contribution in [0.2, 0.25) is 0 Å². The van der Waals surface area contributed by atoms with Crippen LogP contribution in [0.3, 0.4) is 0 Å². The summed E-state index contributed by atoms with van der Waals surface area (Å²) in [6.07, 6.45) is 1.57. The van der Waals surface area contributed by atoms with E-state index in [0.717, 1.165) is 18.9 Å². The van der Waals surface area contributed by atoms with Crippen LogP contribution in [0.25, 0.3) is 0 Å². The van der Waals surface area contributed by atoms with Gasteiger partial charge in [0.25, 0.3) is 0 Å². The molecule has 0 saturated carbocycles. The average molecular weight is 312 g/mol. The molecule has 5 nitrogen and oxygen atoms in total. The summed E-state index contributed by atoms with van der Waals surface area (Å²) < 4.78 is 45.6. The molecule has 7 heteroatoms. The van der Waals surface area contributed by atoms with Gasteiger partial charge in [0, 0.05) is 19.7 Å². The SMILES string of the molecule is CCN(CC1CCCO1)S(=O)(=O)c1cccc(F)c1C#N. The minimum Gasteiger partial charge on any atom is -0.377 e. The number of halogens is 1. The predicted molar refractivity (Wildman–Crippen MR) is 74.5 cm³/mol. The van der Waals surface area contributed by atoms with Crippen LogP contribution in [0.4, 0.5) is 4.39 Å². The molecular weight excluding hydrogens is 295 g/mol. The number of nitrogens with zero attached hydrogens (tertiary/aromatic N) is 2. The van der Waals surface area contributed by atoms with Gasteiger partial charge in [-0.1, -0.05) is 13.0 Å². The Kier molecular flexibility index (Phi) is 4.93. The highest BCUT2D eigenvalue weighted by Crippen LogP contribution is 2.23. The molecule has 1 aromatic rings. The van der Waals surface area contributed by atoms with Crippen LogP contribution in [0.1, 0.15) is 25.3 Å². The Morgan fingerprint density at radius 3 is 2.86 bits per heavy atom. The summed E-state index contributed by atoms with van der Waals surface area (Å²) in [5.41, 5.74) is -0.441. The summed E-state index contributed by atoms with van der Waals surface area (Å²) in [6, 6.07) is 5.26. The molecule has 2 rings (SSSR count). The number of nitriles is 1. The molecular formula is C14H17FN2O3S. The van der Waals surface area contributed by atoms with Crippen molar-refractivity contribution in [2.45, 2.75) is 30.8 Å². The number of likely N-dealkylation sites (N-methyl/N-ethyl adjacent to an activating group) is 1. The lowest BCUT2D eigenvalue weighted by atomic mass is 10.2. The van der Waals surface area contributed by atoms with E-state index < -0.39 is 21.4 Å². The first kappa shape index (κ1) is 15.9. The number of ether oxygens (including phenoxy) is 1. The normalized spacial score (nSPS) is 18.9. The molecule has 1 heterocycles. The van der Waals surface area contributed by atoms with Gasteiger partial charge in [-0.2, -0.15) is 9.57 Å². The highest BCUT2D eigenvalue weighted by atomic mass is 32.2. The lowest BCUT2D eigenvalue weighted by Crippen LogP contribution is -2.37. The Morgan fingerprint density at radius 2 is 2.29 bits per heavy atom. The van der Waals surface area contributed by atoms with Crippen LogP contribution in [0.5, 0.6) is 0 Å². The van der Waals surface area contributed by atoms with Crippen LogP contribution in [-0.4, -0.2) is 38.5 Å². The monoisotopic (exact) mass is 312 g/mol. The maximum Gasteiger partial charge on any atom is 0.244 e. The van der Waals surface area contributed by atoms with Crippen LogP contribution >= 0.6 is 0 Å². The summed E-state index contributed by atoms with van der Waals surface area (Å²) in [6.45, 7) is 2.80. The smallest absolute Gasteiger partial charge is 0.244 e. The van der Waals surface area contributed by atoms with Gasteiger partial charge >= 0.3 is 0 Å². The summed E-state index contributed by atoms with van der Waals surface area (Å²) in [7, 11) is -3.91. The number of hydrogen-bond donors (Lipinski definition) is 0. The predicted octanol–water partition coefficient (Wildman–Crippen LogP) is 1.89. The van der Waals surface area contributed by atoms with E-state index in [9.17, 15) is 12.8 Å². The first-order valence-corrected chi connectivity index (χ1v) is 8.25. The molecule has 1 aliphatic heterocycles. The summed E-state index contributed by atoms with van der Waals surface area (Å²) in [4.78, 5) is -0.287. The van der Waals surface area contributed by atoms with Gasteiger partial charge in [0.15, 0.2) is 0 Å². The Morgan fingerprint density at radius 1 is 1.52 bits per heavy atom. The second-order valence-electron chi connectivity index (χ2n) is 4.82. The summed E-state index contributed by atoms with van der Waals surface area (Å²) in [5.74, 6) is -0.827. The zero-order valence-corrected chi connectivity index (χ0v) is 12.6. The van der Waals surface area contributed by atoms with Gasteiger partial charge in [-0.3, -0.25) is 0 Å². The van der Waals surface area contributed by atoms with Gasteiger partial charge in [0.05, 0.1) is 6.10 Å². The molecule has 1 atom stereocenters. The van der Waals surface area contributed by atoms with Crippen molar-refractivity contribution in [1.82, 2.24) is 4.31 Å². The van der Waals surface area contributed by atoms with Gasteiger partial charge in [-0.05, 0) is 25.0 Å². The largest absolute Gasteiger partial charge is 0.377 e. The van der Waals surface area contributed by atoms with E-state index in [4.69, 9.17) is 10.00 Å². The molecule has 21 heavy (non-hydrogen) atoms. The number of sulfonamides is 1. The quantitative estimate of drug-likeness (QED) is 0.832. The van der Waals surface area contributed by atoms with Crippen molar-refractivity contribution in [3.05, 3.63) is 29.6 Å². The fourth-order valence-corrected chi connectivity index (χ4v) is 4.01. The van der Waals surface area contributed by atoms with Crippen molar-refractivity contribution in [3.8, 4) is 6.07 Å². The highest BCUT2D eigenvalue weighted by molar-refractivity contribution is 7.89. The second-order valence-corrected chi connectivity index (χ2v) is 6.72. The fourth-order valence-electron chi connectivity index (χ4n) is 2.38. The van der Waals surface area contributed by atoms with E-state index in [1.54, 1.807) is 13.0 Å². The average Bonchev–Trinajstić information content (AvgIpc) is 2.97. The van der Waals surface area contributed by atoms with E-state index in [1.807, 2.05) is 0 Å². The molecule has 1 aromatic carbocycles. The molecule has 0 amide bonds. The van der Waals surface area contributed by atoms with Crippen LogP contribution < -0.4 is 0 Å². The Balaban J connectivity index is 2.35. The molecule has 1 saturated heterocycles. The number of benzene rings is 1. The molecule has 0 aliphatic carbocycles. The molecule has 0 radical (unpaired) electrons. The number of hydrogen-bond acceptors (Lipinski definition) is 4. The fraction of sp³-hybridized carbons (Fsp3) is 0.500. The molecule has 0 aromatic heterocycles. The topological polar surface area (TPSA) is 70.4 Å². The first-order valence-electron chi connectivity index (χ1n) is 6.81. The zero-order chi connectivity index (χ0) is 15.5. The van der Waals surface area contributed by atoms with Gasteiger partial charge in [-0.15, -0.1) is 0 Å². The van der Waals surface area contributed by atoms with Gasteiger partial charge < -0.3 is 4.74 Å². The van der Waals surface area contributed by atoms with Crippen molar-refractivity contribution in [2.24, 2.45) is 0 Å². The van der Waals surface area contributed by atoms with Crippen molar-refractivity contribution in [2.75, 3.05) is 19.7 Å². The van der Waals surface area contributed by atoms with Crippen LogP contribution in [0.15, 0.2) is 23.1 Å². The zero-order valence-electron chi connectivity index (χ0n) is 11.8. The Hall–Kier alpha value is -1.49. The van der Waals surface area contributed by atoms with Crippen LogP contribution in [-0.2, 0) is 14.8 Å². The molecule has 0 spiro atoms. The van der Waals surface area contributed by atoms with Crippen LogP contribution in [0, 0.1) is 17.1 Å². The van der Waals surface area contributed by atoms with E-state index >= 15 is 0 Å². The third kappa shape index (κ3) is 3.23. The van der Waals surface area contributed by atoms with Crippen molar-refractivity contribution in [1.29, 1.82) is 5.26 Å². The molecule has 114 valence electrons. The maximum absolute atomic E-state index is 13.6. The molecule has 0 bridgehead atoms. The standard InChI is InChI=1S/C14H17FN2O3S/c1-2-17(10-11-5-4-8-20-11)21(18,19)14-7-3-6-13(15)12(14)9-16/h3,6-7,11H,2,4-5,8,10H2,1H3. The van der Waals surface area contributed by atoms with Crippen molar-refractivity contribution >= 4 is 10.0 Å². The molecule has 1 aliphatic rings. The van der Waals surface area contributed by atoms with E-state index in [2.05, 4.69) is 0 Å². The van der Waals surface area contributed by atoms with Gasteiger partial charge in [-0.25, -0.2) is 12.8 Å². The highest BCUT2D eigenvalue weighted by Gasteiger charge is 2.30. The van der Waals surface area contributed by atoms with E-state index in [1.165, 1.54) is 16.4 Å². The van der Waals surface area contributed by atoms with Gasteiger partial charge in [0.2, 0.25) is 10.0 Å². The van der Waals surface area contributed by atoms with Crippen molar-refractivity contribution in [3.63, 3.8) is 0 Å². The third-order valence-electron chi connectivity index (χ3n) is 3.49. The third-order valence-corrected chi connectivity index (χ3v) is 5.47. The van der Waals surface area contributed by atoms with Gasteiger partial charge in [0.1, 0.15) is 22.3 Å². The van der Waals surface area contributed by atoms with E-state index in [0.29, 0.717) is 6.61 Å². The Labute approximate surface area is 124 Å². The summed E-state index contributed by atoms with van der Waals surface area (Å²) in [5, 5.41) is 9.00. The van der Waals surface area contributed by atoms with E-state index in [-0.39, 0.29) is 24.1 Å². The first-order chi connectivity index (χ1) is 10.0. The van der Waals surface area contributed by atoms with Crippen molar-refractivity contribution < 1.29 is 17.5 Å². The minimum atomic E-state index is -3.91. The molecule has 1 fully saturated rings. The Bertz CT molecular complexity index is 649. The number of rotatable bonds is 5. The molecule has 0 N–H and O–H groups in total.